The van der Waals surface area contributed by atoms with Crippen molar-refractivity contribution < 1.29 is 9.16 Å². The Kier molecular flexibility index (Phi) is 5.26. The van der Waals surface area contributed by atoms with Crippen molar-refractivity contribution in [1.82, 2.24) is 0 Å². The zero-order valence-corrected chi connectivity index (χ0v) is 13.7. The molecule has 0 bridgehead atoms. The van der Waals surface area contributed by atoms with Crippen molar-refractivity contribution in [1.29, 1.82) is 0 Å². The molecule has 0 saturated carbocycles. The van der Waals surface area contributed by atoms with Crippen LogP contribution in [0.3, 0.4) is 0 Å². The molecule has 0 aliphatic rings. The van der Waals surface area contributed by atoms with Gasteiger partial charge in [0.05, 0.1) is 6.61 Å². The second kappa shape index (κ2) is 6.09. The van der Waals surface area contributed by atoms with Gasteiger partial charge in [-0.2, -0.15) is 0 Å². The van der Waals surface area contributed by atoms with Crippen LogP contribution >= 0.6 is 11.6 Å². The van der Waals surface area contributed by atoms with Crippen molar-refractivity contribution in [2.24, 2.45) is 0 Å². The first kappa shape index (κ1) is 15.5. The van der Waals surface area contributed by atoms with Crippen molar-refractivity contribution in [2.45, 2.75) is 38.9 Å². The van der Waals surface area contributed by atoms with Crippen LogP contribution in [0.15, 0.2) is 24.3 Å². The van der Waals surface area contributed by atoms with E-state index in [0.717, 1.165) is 10.8 Å². The maximum atomic E-state index is 6.03. The molecule has 0 spiro atoms. The molecule has 0 aromatic heterocycles. The second-order valence-corrected chi connectivity index (χ2v) is 11.2. The van der Waals surface area contributed by atoms with E-state index >= 15 is 0 Å². The summed E-state index contributed by atoms with van der Waals surface area (Å²) in [7, 11) is -1.65. The average molecular weight is 287 g/mol. The number of halogens is 1. The zero-order chi connectivity index (χ0) is 13.8. The molecule has 1 aromatic rings. The van der Waals surface area contributed by atoms with Gasteiger partial charge in [-0.3, -0.25) is 0 Å². The van der Waals surface area contributed by atoms with Gasteiger partial charge in [0.25, 0.3) is 0 Å². The third kappa shape index (κ3) is 4.63. The maximum absolute atomic E-state index is 6.03. The molecule has 0 unspecified atom stereocenters. The van der Waals surface area contributed by atoms with Gasteiger partial charge in [-0.15, -0.1) is 0 Å². The highest BCUT2D eigenvalue weighted by molar-refractivity contribution is 6.74. The van der Waals surface area contributed by atoms with Crippen LogP contribution in [-0.2, 0) is 4.43 Å². The normalized spacial score (nSPS) is 12.6. The summed E-state index contributed by atoms with van der Waals surface area (Å²) in [5.41, 5.74) is 0. The zero-order valence-electron chi connectivity index (χ0n) is 11.9. The summed E-state index contributed by atoms with van der Waals surface area (Å²) in [6.07, 6.45) is 0. The van der Waals surface area contributed by atoms with Crippen LogP contribution in [0.1, 0.15) is 20.8 Å². The number of benzene rings is 1. The lowest BCUT2D eigenvalue weighted by molar-refractivity contribution is 0.203. The Morgan fingerprint density at radius 1 is 1.06 bits per heavy atom. The molecule has 102 valence electrons. The lowest BCUT2D eigenvalue weighted by Crippen LogP contribution is -2.41. The molecule has 1 rings (SSSR count). The molecule has 0 saturated heterocycles. The van der Waals surface area contributed by atoms with Crippen molar-refractivity contribution >= 4 is 19.9 Å². The predicted molar refractivity (Wildman–Crippen MR) is 80.1 cm³/mol. The molecule has 2 nitrogen and oxygen atoms in total. The highest BCUT2D eigenvalue weighted by Crippen LogP contribution is 2.36. The Hall–Kier alpha value is -0.513. The van der Waals surface area contributed by atoms with Crippen molar-refractivity contribution in [3.63, 3.8) is 0 Å². The van der Waals surface area contributed by atoms with E-state index in [2.05, 4.69) is 33.9 Å². The molecule has 0 aliphatic carbocycles. The Balaban J connectivity index is 2.33. The van der Waals surface area contributed by atoms with Crippen molar-refractivity contribution in [3.8, 4) is 5.75 Å². The van der Waals surface area contributed by atoms with E-state index in [4.69, 9.17) is 20.8 Å². The summed E-state index contributed by atoms with van der Waals surface area (Å²) in [4.78, 5) is 0. The van der Waals surface area contributed by atoms with Crippen LogP contribution in [0.4, 0.5) is 0 Å². The smallest absolute Gasteiger partial charge is 0.192 e. The average Bonchev–Trinajstić information content (AvgIpc) is 2.25. The first-order valence-electron chi connectivity index (χ1n) is 6.25. The monoisotopic (exact) mass is 286 g/mol. The van der Waals surface area contributed by atoms with Gasteiger partial charge in [0.2, 0.25) is 0 Å². The standard InChI is InChI=1S/C14H23ClO2Si/c1-14(2,3)18(4,5)17-11-10-16-13-8-6-12(15)7-9-13/h6-9H,10-11H2,1-5H3. The van der Waals surface area contributed by atoms with Crippen LogP contribution in [0.5, 0.6) is 5.75 Å². The lowest BCUT2D eigenvalue weighted by atomic mass is 10.2. The Morgan fingerprint density at radius 3 is 2.11 bits per heavy atom. The summed E-state index contributed by atoms with van der Waals surface area (Å²) in [5.74, 6) is 0.832. The minimum Gasteiger partial charge on any atom is -0.491 e. The third-order valence-electron chi connectivity index (χ3n) is 3.43. The van der Waals surface area contributed by atoms with Crippen LogP contribution in [0, 0.1) is 0 Å². The number of hydrogen-bond acceptors (Lipinski definition) is 2. The largest absolute Gasteiger partial charge is 0.491 e. The third-order valence-corrected chi connectivity index (χ3v) is 8.22. The quantitative estimate of drug-likeness (QED) is 0.575. The van der Waals surface area contributed by atoms with E-state index in [1.807, 2.05) is 24.3 Å². The summed E-state index contributed by atoms with van der Waals surface area (Å²) >= 11 is 5.81. The molecule has 0 N–H and O–H groups in total. The molecule has 18 heavy (non-hydrogen) atoms. The molecule has 1 aromatic carbocycles. The highest BCUT2D eigenvalue weighted by atomic mass is 35.5. The predicted octanol–water partition coefficient (Wildman–Crippen LogP) is 4.74. The number of ether oxygens (including phenoxy) is 1. The van der Waals surface area contributed by atoms with Crippen molar-refractivity contribution in [3.05, 3.63) is 29.3 Å². The van der Waals surface area contributed by atoms with E-state index in [-0.39, 0.29) is 5.04 Å². The van der Waals surface area contributed by atoms with Gasteiger partial charge >= 0.3 is 0 Å². The van der Waals surface area contributed by atoms with E-state index in [0.29, 0.717) is 13.2 Å². The number of rotatable bonds is 5. The molecular weight excluding hydrogens is 264 g/mol. The minimum absolute atomic E-state index is 0.243. The molecule has 0 heterocycles. The van der Waals surface area contributed by atoms with Gasteiger partial charge in [-0.1, -0.05) is 32.4 Å². The summed E-state index contributed by atoms with van der Waals surface area (Å²) in [6.45, 7) is 12.4. The molecule has 4 heteroatoms. The van der Waals surface area contributed by atoms with Crippen LogP contribution in [0.2, 0.25) is 23.2 Å². The molecule has 0 fully saturated rings. The fourth-order valence-corrected chi connectivity index (χ4v) is 2.36. The van der Waals surface area contributed by atoms with Gasteiger partial charge < -0.3 is 9.16 Å². The highest BCUT2D eigenvalue weighted by Gasteiger charge is 2.36. The fourth-order valence-electron chi connectivity index (χ4n) is 1.20. The molecule has 0 aliphatic heterocycles. The minimum atomic E-state index is -1.65. The van der Waals surface area contributed by atoms with E-state index < -0.39 is 8.32 Å². The SMILES string of the molecule is CC(C)(C)[Si](C)(C)OCCOc1ccc(Cl)cc1. The summed E-state index contributed by atoms with van der Waals surface area (Å²) < 4.78 is 11.6. The molecule has 0 amide bonds. The molecule has 0 atom stereocenters. The Morgan fingerprint density at radius 2 is 1.61 bits per heavy atom. The second-order valence-electron chi connectivity index (χ2n) is 5.91. The van der Waals surface area contributed by atoms with E-state index in [9.17, 15) is 0 Å². The van der Waals surface area contributed by atoms with Crippen molar-refractivity contribution in [2.75, 3.05) is 13.2 Å². The van der Waals surface area contributed by atoms with Crippen LogP contribution in [-0.4, -0.2) is 21.5 Å². The fraction of sp³-hybridized carbons (Fsp3) is 0.571. The van der Waals surface area contributed by atoms with Crippen LogP contribution < -0.4 is 4.74 Å². The maximum Gasteiger partial charge on any atom is 0.192 e. The number of hydrogen-bond donors (Lipinski definition) is 0. The molecular formula is C14H23ClO2Si. The van der Waals surface area contributed by atoms with Gasteiger partial charge in [0, 0.05) is 5.02 Å². The topological polar surface area (TPSA) is 18.5 Å². The van der Waals surface area contributed by atoms with E-state index in [1.165, 1.54) is 0 Å². The first-order chi connectivity index (χ1) is 8.22. The lowest BCUT2D eigenvalue weighted by Gasteiger charge is -2.36. The Labute approximate surface area is 116 Å². The van der Waals surface area contributed by atoms with Gasteiger partial charge in [-0.25, -0.2) is 0 Å². The summed E-state index contributed by atoms with van der Waals surface area (Å²) in [5, 5.41) is 0.965. The molecule has 0 radical (unpaired) electrons. The van der Waals surface area contributed by atoms with Crippen LogP contribution in [0.25, 0.3) is 0 Å². The Bertz CT molecular complexity index is 368. The van der Waals surface area contributed by atoms with Gasteiger partial charge in [0.1, 0.15) is 12.4 Å². The van der Waals surface area contributed by atoms with Gasteiger partial charge in [0.15, 0.2) is 8.32 Å². The summed E-state index contributed by atoms with van der Waals surface area (Å²) in [6, 6.07) is 7.39. The first-order valence-corrected chi connectivity index (χ1v) is 9.53. The van der Waals surface area contributed by atoms with E-state index in [1.54, 1.807) is 0 Å². The van der Waals surface area contributed by atoms with Gasteiger partial charge in [-0.05, 0) is 42.4 Å².